The highest BCUT2D eigenvalue weighted by molar-refractivity contribution is 5.95. The van der Waals surface area contributed by atoms with Crippen molar-refractivity contribution in [2.24, 2.45) is 5.10 Å². The zero-order valence-corrected chi connectivity index (χ0v) is 10.8. The van der Waals surface area contributed by atoms with Crippen molar-refractivity contribution in [1.82, 2.24) is 5.43 Å². The number of amides is 1. The summed E-state index contributed by atoms with van der Waals surface area (Å²) in [4.78, 5) is 13.8. The summed E-state index contributed by atoms with van der Waals surface area (Å²) in [5, 5.41) is 3.83. The smallest absolute Gasteiger partial charge is 0.271 e. The van der Waals surface area contributed by atoms with Gasteiger partial charge in [0.15, 0.2) is 0 Å². The Morgan fingerprint density at radius 2 is 2.16 bits per heavy atom. The third-order valence-corrected chi connectivity index (χ3v) is 2.53. The lowest BCUT2D eigenvalue weighted by Crippen LogP contribution is -2.18. The van der Waals surface area contributed by atoms with E-state index in [0.29, 0.717) is 11.3 Å². The molecule has 0 spiro atoms. The van der Waals surface area contributed by atoms with Crippen LogP contribution >= 0.6 is 0 Å². The van der Waals surface area contributed by atoms with E-state index in [-0.39, 0.29) is 5.91 Å². The normalized spacial score (nSPS) is 10.6. The molecule has 0 saturated heterocycles. The SMILES string of the molecule is CN(C)c1cccc(C(=O)N/N=C/c2ccco2)c1. The fourth-order valence-electron chi connectivity index (χ4n) is 1.51. The molecule has 0 unspecified atom stereocenters. The molecule has 0 bridgehead atoms. The van der Waals surface area contributed by atoms with Crippen molar-refractivity contribution < 1.29 is 9.21 Å². The van der Waals surface area contributed by atoms with Crippen molar-refractivity contribution >= 4 is 17.8 Å². The number of hydrogen-bond acceptors (Lipinski definition) is 4. The quantitative estimate of drug-likeness (QED) is 0.674. The number of furan rings is 1. The van der Waals surface area contributed by atoms with Crippen LogP contribution in [-0.2, 0) is 0 Å². The maximum Gasteiger partial charge on any atom is 0.271 e. The van der Waals surface area contributed by atoms with E-state index in [1.54, 1.807) is 30.5 Å². The van der Waals surface area contributed by atoms with Crippen molar-refractivity contribution in [3.05, 3.63) is 54.0 Å². The molecule has 5 nitrogen and oxygen atoms in total. The van der Waals surface area contributed by atoms with Crippen LogP contribution in [0.1, 0.15) is 16.1 Å². The molecule has 5 heteroatoms. The molecule has 1 aromatic heterocycles. The molecule has 0 aliphatic rings. The second-order valence-electron chi connectivity index (χ2n) is 4.16. The Kier molecular flexibility index (Phi) is 3.97. The van der Waals surface area contributed by atoms with Crippen molar-refractivity contribution in [2.75, 3.05) is 19.0 Å². The van der Waals surface area contributed by atoms with Crippen molar-refractivity contribution in [1.29, 1.82) is 0 Å². The highest BCUT2D eigenvalue weighted by Gasteiger charge is 2.05. The van der Waals surface area contributed by atoms with Gasteiger partial charge in [0.25, 0.3) is 5.91 Å². The zero-order chi connectivity index (χ0) is 13.7. The minimum atomic E-state index is -0.258. The monoisotopic (exact) mass is 257 g/mol. The first-order valence-electron chi connectivity index (χ1n) is 5.81. The van der Waals surface area contributed by atoms with E-state index in [2.05, 4.69) is 10.5 Å². The number of carbonyl (C=O) groups is 1. The third kappa shape index (κ3) is 3.45. The van der Waals surface area contributed by atoms with Gasteiger partial charge in [-0.25, -0.2) is 5.43 Å². The molecule has 2 rings (SSSR count). The van der Waals surface area contributed by atoms with Crippen LogP contribution in [0.3, 0.4) is 0 Å². The minimum Gasteiger partial charge on any atom is -0.463 e. The predicted molar refractivity (Wildman–Crippen MR) is 74.5 cm³/mol. The fourth-order valence-corrected chi connectivity index (χ4v) is 1.51. The molecular formula is C14H15N3O2. The van der Waals surface area contributed by atoms with Gasteiger partial charge in [-0.3, -0.25) is 4.79 Å². The number of anilines is 1. The predicted octanol–water partition coefficient (Wildman–Crippen LogP) is 2.11. The summed E-state index contributed by atoms with van der Waals surface area (Å²) >= 11 is 0. The van der Waals surface area contributed by atoms with Gasteiger partial charge in [-0.2, -0.15) is 5.10 Å². The van der Waals surface area contributed by atoms with Crippen molar-refractivity contribution in [2.45, 2.75) is 0 Å². The highest BCUT2D eigenvalue weighted by Crippen LogP contribution is 2.13. The van der Waals surface area contributed by atoms with Crippen LogP contribution < -0.4 is 10.3 Å². The van der Waals surface area contributed by atoms with E-state index < -0.39 is 0 Å². The summed E-state index contributed by atoms with van der Waals surface area (Å²) in [7, 11) is 3.85. The lowest BCUT2D eigenvalue weighted by molar-refractivity contribution is 0.0955. The van der Waals surface area contributed by atoms with Gasteiger partial charge < -0.3 is 9.32 Å². The molecule has 1 heterocycles. The summed E-state index contributed by atoms with van der Waals surface area (Å²) < 4.78 is 5.06. The first-order chi connectivity index (χ1) is 9.16. The molecular weight excluding hydrogens is 242 g/mol. The molecule has 1 aromatic carbocycles. The van der Waals surface area contributed by atoms with E-state index >= 15 is 0 Å². The van der Waals surface area contributed by atoms with E-state index in [0.717, 1.165) is 5.69 Å². The Labute approximate surface area is 111 Å². The van der Waals surface area contributed by atoms with Gasteiger partial charge in [0.2, 0.25) is 0 Å². The van der Waals surface area contributed by atoms with Gasteiger partial charge in [-0.15, -0.1) is 0 Å². The number of hydrazone groups is 1. The lowest BCUT2D eigenvalue weighted by Gasteiger charge is -2.12. The first kappa shape index (κ1) is 12.9. The van der Waals surface area contributed by atoms with Crippen LogP contribution in [0.2, 0.25) is 0 Å². The summed E-state index contributed by atoms with van der Waals surface area (Å²) in [5.41, 5.74) is 3.97. The van der Waals surface area contributed by atoms with Gasteiger partial charge in [0.05, 0.1) is 12.5 Å². The molecule has 2 aromatic rings. The molecule has 1 amide bonds. The second kappa shape index (κ2) is 5.86. The summed E-state index contributed by atoms with van der Waals surface area (Å²) in [6, 6.07) is 10.8. The maximum atomic E-state index is 11.9. The Morgan fingerprint density at radius 3 is 2.84 bits per heavy atom. The van der Waals surface area contributed by atoms with Crippen LogP contribution in [0.15, 0.2) is 52.2 Å². The molecule has 0 radical (unpaired) electrons. The van der Waals surface area contributed by atoms with E-state index in [4.69, 9.17) is 4.42 Å². The lowest BCUT2D eigenvalue weighted by atomic mass is 10.2. The van der Waals surface area contributed by atoms with Gasteiger partial charge in [0.1, 0.15) is 5.76 Å². The summed E-state index contributed by atoms with van der Waals surface area (Å²) in [5.74, 6) is 0.328. The van der Waals surface area contributed by atoms with E-state index in [9.17, 15) is 4.79 Å². The molecule has 98 valence electrons. The Morgan fingerprint density at radius 1 is 1.32 bits per heavy atom. The largest absolute Gasteiger partial charge is 0.463 e. The molecule has 1 N–H and O–H groups in total. The summed E-state index contributed by atoms with van der Waals surface area (Å²) in [6.45, 7) is 0. The van der Waals surface area contributed by atoms with Gasteiger partial charge >= 0.3 is 0 Å². The fraction of sp³-hybridized carbons (Fsp3) is 0.143. The second-order valence-corrected chi connectivity index (χ2v) is 4.16. The topological polar surface area (TPSA) is 57.8 Å². The maximum absolute atomic E-state index is 11.9. The molecule has 19 heavy (non-hydrogen) atoms. The average molecular weight is 257 g/mol. The Hall–Kier alpha value is -2.56. The molecule has 0 saturated carbocycles. The number of carbonyl (C=O) groups excluding carboxylic acids is 1. The van der Waals surface area contributed by atoms with Crippen molar-refractivity contribution in [3.63, 3.8) is 0 Å². The number of benzene rings is 1. The zero-order valence-electron chi connectivity index (χ0n) is 10.8. The van der Waals surface area contributed by atoms with Gasteiger partial charge in [0, 0.05) is 25.3 Å². The summed E-state index contributed by atoms with van der Waals surface area (Å²) in [6.07, 6.45) is 3.00. The van der Waals surface area contributed by atoms with Crippen molar-refractivity contribution in [3.8, 4) is 0 Å². The molecule has 0 fully saturated rings. The van der Waals surface area contributed by atoms with Crippen LogP contribution in [0.5, 0.6) is 0 Å². The van der Waals surface area contributed by atoms with Crippen LogP contribution in [0, 0.1) is 0 Å². The highest BCUT2D eigenvalue weighted by atomic mass is 16.3. The number of hydrogen-bond donors (Lipinski definition) is 1. The van der Waals surface area contributed by atoms with Gasteiger partial charge in [-0.05, 0) is 30.3 Å². The van der Waals surface area contributed by atoms with Crippen LogP contribution in [0.4, 0.5) is 5.69 Å². The Bertz CT molecular complexity index is 574. The van der Waals surface area contributed by atoms with Crippen LogP contribution in [-0.4, -0.2) is 26.2 Å². The average Bonchev–Trinajstić information content (AvgIpc) is 2.92. The number of rotatable bonds is 4. The molecule has 0 aliphatic heterocycles. The van der Waals surface area contributed by atoms with Crippen LogP contribution in [0.25, 0.3) is 0 Å². The van der Waals surface area contributed by atoms with Gasteiger partial charge in [-0.1, -0.05) is 6.07 Å². The molecule has 0 aliphatic carbocycles. The standard InChI is InChI=1S/C14H15N3O2/c1-17(2)12-6-3-5-11(9-12)14(18)16-15-10-13-7-4-8-19-13/h3-10H,1-2H3,(H,16,18)/b15-10+. The van der Waals surface area contributed by atoms with E-state index in [1.165, 1.54) is 6.21 Å². The minimum absolute atomic E-state index is 0.258. The third-order valence-electron chi connectivity index (χ3n) is 2.53. The number of nitrogens with one attached hydrogen (secondary N) is 1. The first-order valence-corrected chi connectivity index (χ1v) is 5.81. The molecule has 0 atom stereocenters. The van der Waals surface area contributed by atoms with E-state index in [1.807, 2.05) is 31.1 Å². The Balaban J connectivity index is 2.02. The number of nitrogens with zero attached hydrogens (tertiary/aromatic N) is 2.